The number of carbonyl (C=O) groups excluding carboxylic acids is 1. The second-order valence-corrected chi connectivity index (χ2v) is 5.06. The molecule has 1 amide bonds. The van der Waals surface area contributed by atoms with Gasteiger partial charge in [0.05, 0.1) is 5.60 Å². The average Bonchev–Trinajstić information content (AvgIpc) is 2.26. The summed E-state index contributed by atoms with van der Waals surface area (Å²) in [6, 6.07) is 0. The minimum atomic E-state index is -0.00354. The van der Waals surface area contributed by atoms with E-state index in [-0.39, 0.29) is 11.5 Å². The summed E-state index contributed by atoms with van der Waals surface area (Å²) in [7, 11) is 0. The maximum atomic E-state index is 11.5. The van der Waals surface area contributed by atoms with Gasteiger partial charge >= 0.3 is 0 Å². The molecule has 2 fully saturated rings. The molecule has 0 unspecified atom stereocenters. The summed E-state index contributed by atoms with van der Waals surface area (Å²) in [5, 5.41) is 0. The molecule has 1 saturated heterocycles. The van der Waals surface area contributed by atoms with Gasteiger partial charge in [-0.05, 0) is 38.5 Å². The minimum Gasteiger partial charge on any atom is -0.363 e. The Labute approximate surface area is 91.8 Å². The van der Waals surface area contributed by atoms with Crippen LogP contribution in [-0.2, 0) is 9.53 Å². The Morgan fingerprint density at radius 3 is 2.73 bits per heavy atom. The van der Waals surface area contributed by atoms with Gasteiger partial charge in [-0.25, -0.2) is 0 Å². The molecule has 1 aliphatic heterocycles. The van der Waals surface area contributed by atoms with Crippen molar-refractivity contribution in [2.24, 2.45) is 5.92 Å². The Morgan fingerprint density at radius 2 is 2.13 bits per heavy atom. The molecule has 86 valence electrons. The van der Waals surface area contributed by atoms with Gasteiger partial charge < -0.3 is 9.64 Å². The first kappa shape index (κ1) is 10.9. The number of nitrogens with zero attached hydrogens (tertiary/aromatic N) is 1. The molecule has 1 spiro atoms. The van der Waals surface area contributed by atoms with Crippen LogP contribution in [-0.4, -0.2) is 36.1 Å². The van der Waals surface area contributed by atoms with E-state index in [9.17, 15) is 4.79 Å². The molecule has 2 rings (SSSR count). The molecular formula is C12H21NO2. The smallest absolute Gasteiger partial charge is 0.248 e. The molecule has 0 N–H and O–H groups in total. The molecular weight excluding hydrogens is 190 g/mol. The van der Waals surface area contributed by atoms with Crippen LogP contribution in [0.1, 0.15) is 39.5 Å². The second kappa shape index (κ2) is 4.12. The fraction of sp³-hybridized carbons (Fsp3) is 0.917. The number of ether oxygens (including phenoxy) is 1. The SMILES string of the molecule is CCN1CC2(CCC(C)CC2)OCC1=O. The Bertz CT molecular complexity index is 244. The third-order valence-electron chi connectivity index (χ3n) is 3.90. The first-order chi connectivity index (χ1) is 7.15. The van der Waals surface area contributed by atoms with Crippen molar-refractivity contribution in [3.63, 3.8) is 0 Å². The van der Waals surface area contributed by atoms with E-state index in [0.29, 0.717) is 6.61 Å². The van der Waals surface area contributed by atoms with Crippen LogP contribution in [0.3, 0.4) is 0 Å². The Balaban J connectivity index is 2.01. The molecule has 0 bridgehead atoms. The zero-order valence-corrected chi connectivity index (χ0v) is 9.79. The van der Waals surface area contributed by atoms with Gasteiger partial charge in [0.25, 0.3) is 0 Å². The lowest BCUT2D eigenvalue weighted by atomic mass is 9.78. The summed E-state index contributed by atoms with van der Waals surface area (Å²) >= 11 is 0. The van der Waals surface area contributed by atoms with Gasteiger partial charge in [0.2, 0.25) is 5.91 Å². The summed E-state index contributed by atoms with van der Waals surface area (Å²) in [4.78, 5) is 13.5. The lowest BCUT2D eigenvalue weighted by Gasteiger charge is -2.45. The number of carbonyl (C=O) groups is 1. The molecule has 3 heteroatoms. The number of amides is 1. The highest BCUT2D eigenvalue weighted by Crippen LogP contribution is 2.37. The highest BCUT2D eigenvalue weighted by molar-refractivity contribution is 5.78. The molecule has 3 nitrogen and oxygen atoms in total. The second-order valence-electron chi connectivity index (χ2n) is 5.06. The monoisotopic (exact) mass is 211 g/mol. The lowest BCUT2D eigenvalue weighted by molar-refractivity contribution is -0.169. The van der Waals surface area contributed by atoms with Crippen molar-refractivity contribution in [3.8, 4) is 0 Å². The number of hydrogen-bond acceptors (Lipinski definition) is 2. The largest absolute Gasteiger partial charge is 0.363 e. The van der Waals surface area contributed by atoms with Gasteiger partial charge in [-0.3, -0.25) is 4.79 Å². The van der Waals surface area contributed by atoms with E-state index in [0.717, 1.165) is 31.8 Å². The van der Waals surface area contributed by atoms with Gasteiger partial charge in [-0.15, -0.1) is 0 Å². The number of morpholine rings is 1. The van der Waals surface area contributed by atoms with E-state index in [4.69, 9.17) is 4.74 Å². The molecule has 1 heterocycles. The predicted octanol–water partition coefficient (Wildman–Crippen LogP) is 1.81. The van der Waals surface area contributed by atoms with Crippen molar-refractivity contribution >= 4 is 5.91 Å². The average molecular weight is 211 g/mol. The molecule has 0 aromatic rings. The lowest BCUT2D eigenvalue weighted by Crippen LogP contribution is -2.55. The summed E-state index contributed by atoms with van der Waals surface area (Å²) in [6.07, 6.45) is 4.73. The molecule has 2 aliphatic rings. The van der Waals surface area contributed by atoms with Crippen LogP contribution in [0.2, 0.25) is 0 Å². The van der Waals surface area contributed by atoms with Crippen molar-refractivity contribution in [1.29, 1.82) is 0 Å². The van der Waals surface area contributed by atoms with E-state index >= 15 is 0 Å². The highest BCUT2D eigenvalue weighted by atomic mass is 16.5. The molecule has 0 aromatic heterocycles. The first-order valence-corrected chi connectivity index (χ1v) is 6.07. The molecule has 1 saturated carbocycles. The van der Waals surface area contributed by atoms with Gasteiger partial charge in [0.15, 0.2) is 0 Å². The topological polar surface area (TPSA) is 29.5 Å². The van der Waals surface area contributed by atoms with Crippen molar-refractivity contribution in [1.82, 2.24) is 4.90 Å². The fourth-order valence-electron chi connectivity index (χ4n) is 2.67. The van der Waals surface area contributed by atoms with Gasteiger partial charge in [0.1, 0.15) is 6.61 Å². The van der Waals surface area contributed by atoms with Crippen molar-refractivity contribution < 1.29 is 9.53 Å². The summed E-state index contributed by atoms with van der Waals surface area (Å²) < 4.78 is 5.81. The summed E-state index contributed by atoms with van der Waals surface area (Å²) in [6.45, 7) is 6.28. The summed E-state index contributed by atoms with van der Waals surface area (Å²) in [5.41, 5.74) is -0.00354. The van der Waals surface area contributed by atoms with Crippen LogP contribution in [0.25, 0.3) is 0 Å². The Hall–Kier alpha value is -0.570. The van der Waals surface area contributed by atoms with Crippen LogP contribution in [0.5, 0.6) is 0 Å². The van der Waals surface area contributed by atoms with E-state index in [1.165, 1.54) is 12.8 Å². The van der Waals surface area contributed by atoms with E-state index in [1.807, 2.05) is 11.8 Å². The summed E-state index contributed by atoms with van der Waals surface area (Å²) in [5.74, 6) is 0.980. The number of rotatable bonds is 1. The number of hydrogen-bond donors (Lipinski definition) is 0. The van der Waals surface area contributed by atoms with Gasteiger partial charge in [-0.2, -0.15) is 0 Å². The van der Waals surface area contributed by atoms with Crippen molar-refractivity contribution in [2.45, 2.75) is 45.1 Å². The molecule has 15 heavy (non-hydrogen) atoms. The molecule has 0 atom stereocenters. The zero-order chi connectivity index (χ0) is 10.9. The highest BCUT2D eigenvalue weighted by Gasteiger charge is 2.41. The van der Waals surface area contributed by atoms with Crippen molar-refractivity contribution in [2.75, 3.05) is 19.7 Å². The van der Waals surface area contributed by atoms with Crippen LogP contribution in [0.15, 0.2) is 0 Å². The van der Waals surface area contributed by atoms with E-state index < -0.39 is 0 Å². The maximum Gasteiger partial charge on any atom is 0.248 e. The van der Waals surface area contributed by atoms with Crippen LogP contribution >= 0.6 is 0 Å². The Morgan fingerprint density at radius 1 is 1.47 bits per heavy atom. The van der Waals surface area contributed by atoms with Crippen LogP contribution in [0, 0.1) is 5.92 Å². The van der Waals surface area contributed by atoms with Gasteiger partial charge in [0, 0.05) is 13.1 Å². The molecule has 1 aliphatic carbocycles. The zero-order valence-electron chi connectivity index (χ0n) is 9.79. The maximum absolute atomic E-state index is 11.5. The Kier molecular flexibility index (Phi) is 3.01. The fourth-order valence-corrected chi connectivity index (χ4v) is 2.67. The molecule has 0 radical (unpaired) electrons. The quantitative estimate of drug-likeness (QED) is 0.662. The standard InChI is InChI=1S/C12H21NO2/c1-3-13-9-12(15-8-11(13)14)6-4-10(2)5-7-12/h10H,3-9H2,1-2H3. The number of likely N-dealkylation sites (N-methyl/N-ethyl adjacent to an activating group) is 1. The predicted molar refractivity (Wildman–Crippen MR) is 58.6 cm³/mol. The van der Waals surface area contributed by atoms with Gasteiger partial charge in [-0.1, -0.05) is 6.92 Å². The van der Waals surface area contributed by atoms with Crippen LogP contribution in [0.4, 0.5) is 0 Å². The third-order valence-corrected chi connectivity index (χ3v) is 3.90. The first-order valence-electron chi connectivity index (χ1n) is 6.07. The third kappa shape index (κ3) is 2.17. The minimum absolute atomic E-state index is 0.00354. The molecule has 0 aromatic carbocycles. The van der Waals surface area contributed by atoms with Crippen molar-refractivity contribution in [3.05, 3.63) is 0 Å². The van der Waals surface area contributed by atoms with E-state index in [2.05, 4.69) is 6.92 Å². The van der Waals surface area contributed by atoms with Crippen LogP contribution < -0.4 is 0 Å². The van der Waals surface area contributed by atoms with E-state index in [1.54, 1.807) is 0 Å². The normalized spacial score (nSPS) is 37.3.